The molecule has 0 radical (unpaired) electrons. The van der Waals surface area contributed by atoms with Crippen LogP contribution in [0, 0.1) is 0 Å². The standard InChI is InChI=1S/C12H8N2/c1-2-5-10-9(4-1)8-12-11(14-10)6-3-7-13-12/h1-8H. The van der Waals surface area contributed by atoms with Crippen LogP contribution in [0.25, 0.3) is 21.9 Å². The van der Waals surface area contributed by atoms with E-state index in [0.717, 1.165) is 21.9 Å². The van der Waals surface area contributed by atoms with E-state index in [0.29, 0.717) is 0 Å². The van der Waals surface area contributed by atoms with Gasteiger partial charge >= 0.3 is 0 Å². The highest BCUT2D eigenvalue weighted by atomic mass is 14.7. The van der Waals surface area contributed by atoms with Gasteiger partial charge in [-0.2, -0.15) is 0 Å². The molecule has 1 aromatic carbocycles. The van der Waals surface area contributed by atoms with Crippen LogP contribution in [-0.4, -0.2) is 9.97 Å². The predicted molar refractivity (Wildman–Crippen MR) is 57.0 cm³/mol. The third-order valence-corrected chi connectivity index (χ3v) is 2.29. The molecule has 66 valence electrons. The number of hydrogen-bond acceptors (Lipinski definition) is 2. The highest BCUT2D eigenvalue weighted by Gasteiger charge is 1.97. The van der Waals surface area contributed by atoms with Crippen molar-refractivity contribution in [2.75, 3.05) is 0 Å². The number of rotatable bonds is 0. The fourth-order valence-corrected chi connectivity index (χ4v) is 1.60. The Labute approximate surface area is 81.2 Å². The molecule has 0 aliphatic heterocycles. The summed E-state index contributed by atoms with van der Waals surface area (Å²) in [5.41, 5.74) is 2.92. The van der Waals surface area contributed by atoms with Crippen molar-refractivity contribution in [2.45, 2.75) is 0 Å². The lowest BCUT2D eigenvalue weighted by molar-refractivity contribution is 1.38. The third kappa shape index (κ3) is 1.04. The number of aromatic nitrogens is 2. The van der Waals surface area contributed by atoms with Gasteiger partial charge in [0.2, 0.25) is 0 Å². The largest absolute Gasteiger partial charge is 0.255 e. The number of pyridine rings is 2. The molecular formula is C12H8N2. The first-order valence-electron chi connectivity index (χ1n) is 4.54. The predicted octanol–water partition coefficient (Wildman–Crippen LogP) is 2.78. The number of benzene rings is 1. The summed E-state index contributed by atoms with van der Waals surface area (Å²) < 4.78 is 0. The van der Waals surface area contributed by atoms with Gasteiger partial charge in [0, 0.05) is 11.6 Å². The molecular weight excluding hydrogens is 172 g/mol. The molecule has 0 fully saturated rings. The average molecular weight is 180 g/mol. The Bertz CT molecular complexity index is 497. The summed E-state index contributed by atoms with van der Waals surface area (Å²) in [4.78, 5) is 8.78. The summed E-state index contributed by atoms with van der Waals surface area (Å²) in [6.45, 7) is 0. The average Bonchev–Trinajstić information content (AvgIpc) is 2.26. The van der Waals surface area contributed by atoms with Crippen LogP contribution in [0.5, 0.6) is 0 Å². The van der Waals surface area contributed by atoms with E-state index in [-0.39, 0.29) is 0 Å². The van der Waals surface area contributed by atoms with Gasteiger partial charge in [0.25, 0.3) is 0 Å². The molecule has 0 aliphatic rings. The topological polar surface area (TPSA) is 25.8 Å². The molecule has 3 rings (SSSR count). The number of nitrogens with zero attached hydrogens (tertiary/aromatic N) is 2. The lowest BCUT2D eigenvalue weighted by Gasteiger charge is -1.99. The highest BCUT2D eigenvalue weighted by molar-refractivity contribution is 5.90. The van der Waals surface area contributed by atoms with Crippen LogP contribution in [0.4, 0.5) is 0 Å². The van der Waals surface area contributed by atoms with Gasteiger partial charge in [-0.05, 0) is 24.3 Å². The minimum absolute atomic E-state index is 0.950. The van der Waals surface area contributed by atoms with Gasteiger partial charge in [-0.25, -0.2) is 4.98 Å². The van der Waals surface area contributed by atoms with Crippen molar-refractivity contribution in [2.24, 2.45) is 0 Å². The highest BCUT2D eigenvalue weighted by Crippen LogP contribution is 2.16. The Morgan fingerprint density at radius 1 is 0.786 bits per heavy atom. The van der Waals surface area contributed by atoms with Crippen molar-refractivity contribution < 1.29 is 0 Å². The molecule has 3 aromatic rings. The molecule has 0 N–H and O–H groups in total. The summed E-state index contributed by atoms with van der Waals surface area (Å²) >= 11 is 0. The molecule has 2 heterocycles. The Hall–Kier alpha value is -1.96. The van der Waals surface area contributed by atoms with Crippen LogP contribution in [0.15, 0.2) is 48.7 Å². The van der Waals surface area contributed by atoms with Crippen molar-refractivity contribution in [3.8, 4) is 0 Å². The molecule has 0 spiro atoms. The van der Waals surface area contributed by atoms with Crippen molar-refractivity contribution in [3.05, 3.63) is 48.7 Å². The first kappa shape index (κ1) is 7.44. The molecule has 0 aliphatic carbocycles. The van der Waals surface area contributed by atoms with E-state index in [1.807, 2.05) is 30.3 Å². The van der Waals surface area contributed by atoms with Gasteiger partial charge in [0.1, 0.15) is 0 Å². The van der Waals surface area contributed by atoms with Crippen LogP contribution in [0.2, 0.25) is 0 Å². The van der Waals surface area contributed by atoms with Gasteiger partial charge < -0.3 is 0 Å². The summed E-state index contributed by atoms with van der Waals surface area (Å²) in [5.74, 6) is 0. The smallest absolute Gasteiger partial charge is 0.0894 e. The molecule has 0 unspecified atom stereocenters. The monoisotopic (exact) mass is 180 g/mol. The van der Waals surface area contributed by atoms with Gasteiger partial charge in [-0.15, -0.1) is 0 Å². The Kier molecular flexibility index (Phi) is 1.47. The molecule has 0 bridgehead atoms. The zero-order valence-electron chi connectivity index (χ0n) is 7.51. The molecule has 14 heavy (non-hydrogen) atoms. The second kappa shape index (κ2) is 2.77. The first-order valence-corrected chi connectivity index (χ1v) is 4.54. The maximum absolute atomic E-state index is 4.52. The normalized spacial score (nSPS) is 10.9. The minimum atomic E-state index is 0.950. The number of para-hydroxylation sites is 1. The van der Waals surface area contributed by atoms with Crippen molar-refractivity contribution in [1.29, 1.82) is 0 Å². The van der Waals surface area contributed by atoms with Gasteiger partial charge in [-0.3, -0.25) is 4.98 Å². The molecule has 0 atom stereocenters. The zero-order valence-corrected chi connectivity index (χ0v) is 7.51. The summed E-state index contributed by atoms with van der Waals surface area (Å²) in [7, 11) is 0. The summed E-state index contributed by atoms with van der Waals surface area (Å²) in [6, 6.07) is 14.0. The molecule has 0 saturated heterocycles. The van der Waals surface area contributed by atoms with Gasteiger partial charge in [0.05, 0.1) is 16.6 Å². The molecule has 0 saturated carbocycles. The van der Waals surface area contributed by atoms with E-state index in [4.69, 9.17) is 0 Å². The maximum atomic E-state index is 4.52. The van der Waals surface area contributed by atoms with E-state index < -0.39 is 0 Å². The minimum Gasteiger partial charge on any atom is -0.255 e. The van der Waals surface area contributed by atoms with Crippen LogP contribution in [0.1, 0.15) is 0 Å². The maximum Gasteiger partial charge on any atom is 0.0894 e. The van der Waals surface area contributed by atoms with Crippen molar-refractivity contribution in [1.82, 2.24) is 9.97 Å². The number of fused-ring (bicyclic) bond motifs is 2. The van der Waals surface area contributed by atoms with Gasteiger partial charge in [0.15, 0.2) is 0 Å². The SMILES string of the molecule is c1ccc2nc3cccnc3cc2c1. The molecule has 0 amide bonds. The zero-order chi connectivity index (χ0) is 9.38. The lowest BCUT2D eigenvalue weighted by Crippen LogP contribution is -1.83. The second-order valence-corrected chi connectivity index (χ2v) is 3.22. The van der Waals surface area contributed by atoms with E-state index in [1.54, 1.807) is 6.20 Å². The molecule has 2 nitrogen and oxygen atoms in total. The van der Waals surface area contributed by atoms with E-state index >= 15 is 0 Å². The lowest BCUT2D eigenvalue weighted by atomic mass is 10.2. The van der Waals surface area contributed by atoms with Crippen LogP contribution in [0.3, 0.4) is 0 Å². The van der Waals surface area contributed by atoms with E-state index in [1.165, 1.54) is 0 Å². The Balaban J connectivity index is 2.52. The Morgan fingerprint density at radius 3 is 2.64 bits per heavy atom. The quantitative estimate of drug-likeness (QED) is 0.497. The van der Waals surface area contributed by atoms with Crippen LogP contribution < -0.4 is 0 Å². The fraction of sp³-hybridized carbons (Fsp3) is 0. The van der Waals surface area contributed by atoms with E-state index in [9.17, 15) is 0 Å². The Morgan fingerprint density at radius 2 is 1.64 bits per heavy atom. The fourth-order valence-electron chi connectivity index (χ4n) is 1.60. The van der Waals surface area contributed by atoms with Crippen molar-refractivity contribution >= 4 is 21.9 Å². The first-order chi connectivity index (χ1) is 6.93. The summed E-state index contributed by atoms with van der Waals surface area (Å²) in [6.07, 6.45) is 1.79. The van der Waals surface area contributed by atoms with Gasteiger partial charge in [-0.1, -0.05) is 18.2 Å². The molecule has 2 heteroatoms. The molecule has 2 aromatic heterocycles. The number of hydrogen-bond donors (Lipinski definition) is 0. The van der Waals surface area contributed by atoms with Crippen LogP contribution >= 0.6 is 0 Å². The van der Waals surface area contributed by atoms with E-state index in [2.05, 4.69) is 22.1 Å². The third-order valence-electron chi connectivity index (χ3n) is 2.29. The van der Waals surface area contributed by atoms with Crippen molar-refractivity contribution in [3.63, 3.8) is 0 Å². The second-order valence-electron chi connectivity index (χ2n) is 3.22. The summed E-state index contributed by atoms with van der Waals surface area (Å²) in [5, 5.41) is 1.14. The van der Waals surface area contributed by atoms with Crippen LogP contribution in [-0.2, 0) is 0 Å².